The van der Waals surface area contributed by atoms with E-state index >= 15 is 0 Å². The van der Waals surface area contributed by atoms with Crippen molar-refractivity contribution in [2.24, 2.45) is 7.05 Å². The molecule has 0 fully saturated rings. The van der Waals surface area contributed by atoms with Crippen LogP contribution < -0.4 is 16.5 Å². The fourth-order valence-corrected chi connectivity index (χ4v) is 1.57. The summed E-state index contributed by atoms with van der Waals surface area (Å²) in [6.45, 7) is 0. The summed E-state index contributed by atoms with van der Waals surface area (Å²) in [5.41, 5.74) is 0.430. The van der Waals surface area contributed by atoms with E-state index in [1.165, 1.54) is 22.8 Å². The number of hydrogen-bond donors (Lipinski definition) is 3. The van der Waals surface area contributed by atoms with E-state index in [0.29, 0.717) is 5.82 Å². The molecule has 0 aliphatic carbocycles. The predicted octanol–water partition coefficient (Wildman–Crippen LogP) is -0.807. The van der Waals surface area contributed by atoms with Crippen molar-refractivity contribution in [1.29, 1.82) is 0 Å². The summed E-state index contributed by atoms with van der Waals surface area (Å²) in [6.07, 6.45) is 1.62. The SMILES string of the molecule is Bc1cn(C)c(=O)nc1Nc1c(O)cccc1O. The molecule has 0 saturated heterocycles. The summed E-state index contributed by atoms with van der Waals surface area (Å²) in [7, 11) is 3.37. The molecule has 1 heterocycles. The molecule has 1 aromatic heterocycles. The topological polar surface area (TPSA) is 87.4 Å². The number of anilines is 2. The van der Waals surface area contributed by atoms with Crippen LogP contribution in [0.3, 0.4) is 0 Å². The maximum atomic E-state index is 11.4. The number of aromatic hydroxyl groups is 2. The second-order valence-corrected chi connectivity index (χ2v) is 3.96. The molecule has 0 aliphatic rings. The summed E-state index contributed by atoms with van der Waals surface area (Å²) in [5, 5.41) is 22.0. The van der Waals surface area contributed by atoms with Gasteiger partial charge in [0, 0.05) is 13.2 Å². The Balaban J connectivity index is 2.47. The van der Waals surface area contributed by atoms with Gasteiger partial charge in [-0.15, -0.1) is 0 Å². The fraction of sp³-hybridized carbons (Fsp3) is 0.0909. The van der Waals surface area contributed by atoms with Crippen molar-refractivity contribution in [3.05, 3.63) is 34.9 Å². The Bertz CT molecular complexity index is 634. The van der Waals surface area contributed by atoms with Crippen molar-refractivity contribution in [3.63, 3.8) is 0 Å². The van der Waals surface area contributed by atoms with Gasteiger partial charge in [0.05, 0.1) is 0 Å². The maximum Gasteiger partial charge on any atom is 0.349 e. The van der Waals surface area contributed by atoms with Crippen LogP contribution in [0.25, 0.3) is 0 Å². The molecule has 0 spiro atoms. The zero-order valence-electron chi connectivity index (χ0n) is 10.0. The molecule has 3 N–H and O–H groups in total. The Labute approximate surface area is 104 Å². The van der Waals surface area contributed by atoms with Crippen molar-refractivity contribution in [3.8, 4) is 11.5 Å². The van der Waals surface area contributed by atoms with E-state index in [4.69, 9.17) is 0 Å². The maximum absolute atomic E-state index is 11.4. The molecule has 0 saturated carbocycles. The van der Waals surface area contributed by atoms with Gasteiger partial charge in [0.15, 0.2) is 0 Å². The predicted molar refractivity (Wildman–Crippen MR) is 70.7 cm³/mol. The molecule has 0 amide bonds. The van der Waals surface area contributed by atoms with Crippen LogP contribution in [0.5, 0.6) is 11.5 Å². The third kappa shape index (κ3) is 2.15. The number of aryl methyl sites for hydroxylation is 1. The number of para-hydroxylation sites is 1. The lowest BCUT2D eigenvalue weighted by molar-refractivity contribution is 0.455. The van der Waals surface area contributed by atoms with Gasteiger partial charge in [0.25, 0.3) is 0 Å². The summed E-state index contributed by atoms with van der Waals surface area (Å²) >= 11 is 0. The highest BCUT2D eigenvalue weighted by molar-refractivity contribution is 6.35. The average Bonchev–Trinajstić information content (AvgIpc) is 2.30. The van der Waals surface area contributed by atoms with Crippen molar-refractivity contribution in [2.45, 2.75) is 0 Å². The van der Waals surface area contributed by atoms with Crippen molar-refractivity contribution < 1.29 is 10.2 Å². The van der Waals surface area contributed by atoms with E-state index in [-0.39, 0.29) is 17.2 Å². The van der Waals surface area contributed by atoms with Crippen molar-refractivity contribution in [2.75, 3.05) is 5.32 Å². The molecule has 6 nitrogen and oxygen atoms in total. The normalized spacial score (nSPS) is 10.3. The van der Waals surface area contributed by atoms with E-state index in [2.05, 4.69) is 10.3 Å². The van der Waals surface area contributed by atoms with Crippen molar-refractivity contribution >= 4 is 24.8 Å². The molecule has 0 aliphatic heterocycles. The largest absolute Gasteiger partial charge is 0.506 e. The lowest BCUT2D eigenvalue weighted by Crippen LogP contribution is -2.27. The average molecular weight is 245 g/mol. The van der Waals surface area contributed by atoms with Crippen LogP contribution in [-0.2, 0) is 7.05 Å². The number of aromatic nitrogens is 2. The first-order valence-electron chi connectivity index (χ1n) is 5.31. The van der Waals surface area contributed by atoms with Crippen LogP contribution in [0.15, 0.2) is 29.2 Å². The molecule has 2 aromatic rings. The summed E-state index contributed by atoms with van der Waals surface area (Å²) in [6, 6.07) is 4.37. The van der Waals surface area contributed by atoms with Gasteiger partial charge in [0.1, 0.15) is 30.9 Å². The Morgan fingerprint density at radius 1 is 1.33 bits per heavy atom. The molecule has 0 unspecified atom stereocenters. The fourth-order valence-electron chi connectivity index (χ4n) is 1.57. The minimum Gasteiger partial charge on any atom is -0.506 e. The minimum absolute atomic E-state index is 0.114. The molecule has 92 valence electrons. The van der Waals surface area contributed by atoms with Gasteiger partial charge in [-0.3, -0.25) is 0 Å². The van der Waals surface area contributed by atoms with Gasteiger partial charge in [-0.2, -0.15) is 4.98 Å². The molecule has 0 bridgehead atoms. The van der Waals surface area contributed by atoms with Crippen LogP contribution >= 0.6 is 0 Å². The zero-order valence-corrected chi connectivity index (χ0v) is 10.0. The first kappa shape index (κ1) is 12.0. The van der Waals surface area contributed by atoms with E-state index in [0.717, 1.165) is 5.46 Å². The quantitative estimate of drug-likeness (QED) is 0.476. The van der Waals surface area contributed by atoms with Crippen LogP contribution in [0.2, 0.25) is 0 Å². The Morgan fingerprint density at radius 3 is 2.56 bits per heavy atom. The molecule has 2 rings (SSSR count). The third-order valence-corrected chi connectivity index (χ3v) is 2.53. The molecule has 0 radical (unpaired) electrons. The van der Waals surface area contributed by atoms with Crippen LogP contribution in [0.1, 0.15) is 0 Å². The van der Waals surface area contributed by atoms with E-state index in [9.17, 15) is 15.0 Å². The lowest BCUT2D eigenvalue weighted by atomic mass is 9.99. The highest BCUT2D eigenvalue weighted by Crippen LogP contribution is 2.33. The van der Waals surface area contributed by atoms with Gasteiger partial charge < -0.3 is 20.1 Å². The highest BCUT2D eigenvalue weighted by Gasteiger charge is 2.10. The molecule has 18 heavy (non-hydrogen) atoms. The Kier molecular flexibility index (Phi) is 2.97. The zero-order chi connectivity index (χ0) is 13.3. The van der Waals surface area contributed by atoms with Gasteiger partial charge in [0.2, 0.25) is 0 Å². The van der Waals surface area contributed by atoms with Gasteiger partial charge in [-0.05, 0) is 17.6 Å². The lowest BCUT2D eigenvalue weighted by Gasteiger charge is -2.11. The molecule has 7 heteroatoms. The van der Waals surface area contributed by atoms with Crippen LogP contribution in [-0.4, -0.2) is 27.6 Å². The Hall–Kier alpha value is -2.44. The van der Waals surface area contributed by atoms with Gasteiger partial charge >= 0.3 is 5.69 Å². The monoisotopic (exact) mass is 245 g/mol. The number of benzene rings is 1. The number of hydrogen-bond acceptors (Lipinski definition) is 5. The van der Waals surface area contributed by atoms with Crippen LogP contribution in [0, 0.1) is 0 Å². The number of phenols is 2. The second kappa shape index (κ2) is 4.44. The van der Waals surface area contributed by atoms with E-state index in [1.54, 1.807) is 21.1 Å². The Morgan fingerprint density at radius 2 is 1.94 bits per heavy atom. The number of nitrogens with zero attached hydrogens (tertiary/aromatic N) is 2. The first-order valence-corrected chi connectivity index (χ1v) is 5.31. The number of nitrogens with one attached hydrogen (secondary N) is 1. The molecular weight excluding hydrogens is 233 g/mol. The standard InChI is InChI=1S/C11H12BN3O3/c1-15-5-6(12)10(14-11(15)18)13-9-7(16)3-2-4-8(9)17/h2-5,16-17H,12H2,1H3,(H,13,14,18). The molecular formula is C11H12BN3O3. The summed E-state index contributed by atoms with van der Waals surface area (Å²) < 4.78 is 1.35. The third-order valence-electron chi connectivity index (χ3n) is 2.53. The van der Waals surface area contributed by atoms with Gasteiger partial charge in [-0.1, -0.05) is 6.07 Å². The summed E-state index contributed by atoms with van der Waals surface area (Å²) in [5.74, 6) is 0.0728. The van der Waals surface area contributed by atoms with E-state index < -0.39 is 5.69 Å². The number of phenolic OH excluding ortho intramolecular Hbond substituents is 2. The highest BCUT2D eigenvalue weighted by atomic mass is 16.3. The van der Waals surface area contributed by atoms with Crippen molar-refractivity contribution in [1.82, 2.24) is 9.55 Å². The second-order valence-electron chi connectivity index (χ2n) is 3.96. The molecule has 0 atom stereocenters. The number of rotatable bonds is 2. The van der Waals surface area contributed by atoms with Crippen LogP contribution in [0.4, 0.5) is 11.5 Å². The van der Waals surface area contributed by atoms with Gasteiger partial charge in [-0.25, -0.2) is 4.79 Å². The molecule has 1 aromatic carbocycles. The van der Waals surface area contributed by atoms with E-state index in [1.807, 2.05) is 0 Å². The summed E-state index contributed by atoms with van der Waals surface area (Å²) in [4.78, 5) is 15.3. The first-order chi connectivity index (χ1) is 8.49. The smallest absolute Gasteiger partial charge is 0.349 e. The minimum atomic E-state index is -0.419.